The zero-order valence-corrected chi connectivity index (χ0v) is 8.11. The van der Waals surface area contributed by atoms with Gasteiger partial charge in [-0.15, -0.1) is 0 Å². The van der Waals surface area contributed by atoms with E-state index < -0.39 is 0 Å². The van der Waals surface area contributed by atoms with Gasteiger partial charge in [-0.1, -0.05) is 0 Å². The molecule has 1 atom stereocenters. The summed E-state index contributed by atoms with van der Waals surface area (Å²) < 4.78 is 0. The molecule has 0 aliphatic carbocycles. The molecule has 2 fully saturated rings. The molecule has 2 heterocycles. The van der Waals surface area contributed by atoms with Gasteiger partial charge in [-0.3, -0.25) is 4.90 Å². The molecule has 2 rings (SSSR count). The molecule has 0 radical (unpaired) electrons. The third-order valence-electron chi connectivity index (χ3n) is 3.23. The fourth-order valence-electron chi connectivity index (χ4n) is 2.49. The van der Waals surface area contributed by atoms with Crippen LogP contribution >= 0.6 is 0 Å². The van der Waals surface area contributed by atoms with Gasteiger partial charge in [-0.25, -0.2) is 0 Å². The van der Waals surface area contributed by atoms with Crippen molar-refractivity contribution in [2.24, 2.45) is 0 Å². The number of carbonyl (C=O) groups is 1. The molecule has 74 valence electrons. The minimum atomic E-state index is 0.701. The standard InChI is InChI=1S/C10H18N2O/c13-8-2-4-11-6-7-12-5-1-3-10(12)9-11/h8,10H,1-7,9H2. The fourth-order valence-corrected chi connectivity index (χ4v) is 2.49. The Hall–Kier alpha value is -0.410. The molecule has 0 amide bonds. The largest absolute Gasteiger partial charge is 0.303 e. The first-order valence-corrected chi connectivity index (χ1v) is 5.30. The first kappa shape index (κ1) is 9.16. The lowest BCUT2D eigenvalue weighted by Gasteiger charge is -2.37. The summed E-state index contributed by atoms with van der Waals surface area (Å²) in [5, 5.41) is 0. The Kier molecular flexibility index (Phi) is 2.96. The lowest BCUT2D eigenvalue weighted by molar-refractivity contribution is -0.108. The Balaban J connectivity index is 1.79. The highest BCUT2D eigenvalue weighted by Gasteiger charge is 2.29. The molecule has 0 aromatic carbocycles. The quantitative estimate of drug-likeness (QED) is 0.589. The van der Waals surface area contributed by atoms with Crippen molar-refractivity contribution in [1.82, 2.24) is 9.80 Å². The lowest BCUT2D eigenvalue weighted by Crippen LogP contribution is -2.50. The van der Waals surface area contributed by atoms with E-state index in [0.29, 0.717) is 6.42 Å². The Morgan fingerprint density at radius 2 is 2.23 bits per heavy atom. The summed E-state index contributed by atoms with van der Waals surface area (Å²) in [5.74, 6) is 0. The maximum atomic E-state index is 10.2. The molecule has 1 unspecified atom stereocenters. The van der Waals surface area contributed by atoms with Crippen LogP contribution in [-0.4, -0.2) is 54.9 Å². The molecule has 0 bridgehead atoms. The number of carbonyl (C=O) groups excluding carboxylic acids is 1. The van der Waals surface area contributed by atoms with Gasteiger partial charge < -0.3 is 9.69 Å². The van der Waals surface area contributed by atoms with Gasteiger partial charge in [-0.05, 0) is 19.4 Å². The molecule has 2 aliphatic rings. The SMILES string of the molecule is O=CCCN1CCN2CCCC2C1. The van der Waals surface area contributed by atoms with Crippen LogP contribution in [-0.2, 0) is 4.79 Å². The van der Waals surface area contributed by atoms with E-state index in [4.69, 9.17) is 0 Å². The molecule has 0 aromatic rings. The van der Waals surface area contributed by atoms with Crippen molar-refractivity contribution in [2.75, 3.05) is 32.7 Å². The van der Waals surface area contributed by atoms with Crippen molar-refractivity contribution < 1.29 is 4.79 Å². The number of fused-ring (bicyclic) bond motifs is 1. The van der Waals surface area contributed by atoms with Gasteiger partial charge in [0.05, 0.1) is 0 Å². The monoisotopic (exact) mass is 182 g/mol. The van der Waals surface area contributed by atoms with Crippen LogP contribution in [0.1, 0.15) is 19.3 Å². The summed E-state index contributed by atoms with van der Waals surface area (Å²) in [4.78, 5) is 15.3. The third-order valence-corrected chi connectivity index (χ3v) is 3.23. The Morgan fingerprint density at radius 1 is 1.31 bits per heavy atom. The maximum absolute atomic E-state index is 10.2. The lowest BCUT2D eigenvalue weighted by atomic mass is 10.1. The second kappa shape index (κ2) is 4.20. The molecular weight excluding hydrogens is 164 g/mol. The average molecular weight is 182 g/mol. The predicted molar refractivity (Wildman–Crippen MR) is 51.7 cm³/mol. The minimum absolute atomic E-state index is 0.701. The van der Waals surface area contributed by atoms with Crippen molar-refractivity contribution in [2.45, 2.75) is 25.3 Å². The van der Waals surface area contributed by atoms with Crippen molar-refractivity contribution in [3.05, 3.63) is 0 Å². The summed E-state index contributed by atoms with van der Waals surface area (Å²) >= 11 is 0. The molecule has 0 saturated carbocycles. The number of piperazine rings is 1. The van der Waals surface area contributed by atoms with Crippen LogP contribution in [0.4, 0.5) is 0 Å². The second-order valence-corrected chi connectivity index (χ2v) is 4.09. The van der Waals surface area contributed by atoms with Crippen LogP contribution in [0.15, 0.2) is 0 Å². The van der Waals surface area contributed by atoms with Crippen LogP contribution in [0.2, 0.25) is 0 Å². The van der Waals surface area contributed by atoms with E-state index >= 15 is 0 Å². The minimum Gasteiger partial charge on any atom is -0.303 e. The molecule has 0 N–H and O–H groups in total. The van der Waals surface area contributed by atoms with Crippen LogP contribution in [0, 0.1) is 0 Å². The summed E-state index contributed by atoms with van der Waals surface area (Å²) in [6, 6.07) is 0.792. The van der Waals surface area contributed by atoms with Crippen LogP contribution in [0.5, 0.6) is 0 Å². The van der Waals surface area contributed by atoms with Gasteiger partial charge in [0.25, 0.3) is 0 Å². The van der Waals surface area contributed by atoms with Crippen LogP contribution in [0.3, 0.4) is 0 Å². The molecule has 2 saturated heterocycles. The Morgan fingerprint density at radius 3 is 3.08 bits per heavy atom. The first-order chi connectivity index (χ1) is 6.40. The van der Waals surface area contributed by atoms with Crippen molar-refractivity contribution in [3.8, 4) is 0 Å². The normalized spacial score (nSPS) is 30.3. The summed E-state index contributed by atoms with van der Waals surface area (Å²) in [7, 11) is 0. The highest BCUT2D eigenvalue weighted by atomic mass is 16.1. The molecule has 13 heavy (non-hydrogen) atoms. The third kappa shape index (κ3) is 2.09. The second-order valence-electron chi connectivity index (χ2n) is 4.09. The molecule has 0 spiro atoms. The summed E-state index contributed by atoms with van der Waals surface area (Å²) in [6.07, 6.45) is 4.46. The number of hydrogen-bond donors (Lipinski definition) is 0. The molecule has 3 nitrogen and oxygen atoms in total. The Bertz CT molecular complexity index is 184. The molecular formula is C10H18N2O. The van der Waals surface area contributed by atoms with E-state index in [-0.39, 0.29) is 0 Å². The molecule has 0 aromatic heterocycles. The first-order valence-electron chi connectivity index (χ1n) is 5.30. The number of hydrogen-bond acceptors (Lipinski definition) is 3. The van der Waals surface area contributed by atoms with Gasteiger partial charge >= 0.3 is 0 Å². The predicted octanol–water partition coefficient (Wildman–Crippen LogP) is 0.355. The van der Waals surface area contributed by atoms with Gasteiger partial charge in [0.15, 0.2) is 0 Å². The van der Waals surface area contributed by atoms with Crippen LogP contribution in [0.25, 0.3) is 0 Å². The Labute approximate surface area is 79.7 Å². The molecule has 2 aliphatic heterocycles. The molecule has 3 heteroatoms. The zero-order chi connectivity index (χ0) is 9.10. The maximum Gasteiger partial charge on any atom is 0.121 e. The van der Waals surface area contributed by atoms with Crippen molar-refractivity contribution in [1.29, 1.82) is 0 Å². The fraction of sp³-hybridized carbons (Fsp3) is 0.900. The highest BCUT2D eigenvalue weighted by molar-refractivity contribution is 5.49. The number of rotatable bonds is 3. The highest BCUT2D eigenvalue weighted by Crippen LogP contribution is 2.21. The number of aldehydes is 1. The van der Waals surface area contributed by atoms with Gasteiger partial charge in [0.2, 0.25) is 0 Å². The average Bonchev–Trinajstić information content (AvgIpc) is 2.61. The van der Waals surface area contributed by atoms with E-state index in [1.54, 1.807) is 0 Å². The van der Waals surface area contributed by atoms with Gasteiger partial charge in [0, 0.05) is 38.6 Å². The van der Waals surface area contributed by atoms with Crippen molar-refractivity contribution in [3.63, 3.8) is 0 Å². The van der Waals surface area contributed by atoms with E-state index in [9.17, 15) is 4.79 Å². The van der Waals surface area contributed by atoms with E-state index in [0.717, 1.165) is 25.4 Å². The van der Waals surface area contributed by atoms with E-state index in [1.807, 2.05) is 0 Å². The van der Waals surface area contributed by atoms with Gasteiger partial charge in [-0.2, -0.15) is 0 Å². The van der Waals surface area contributed by atoms with E-state index in [1.165, 1.54) is 32.5 Å². The summed E-state index contributed by atoms with van der Waals surface area (Å²) in [5.41, 5.74) is 0. The smallest absolute Gasteiger partial charge is 0.121 e. The van der Waals surface area contributed by atoms with Gasteiger partial charge in [0.1, 0.15) is 6.29 Å². The van der Waals surface area contributed by atoms with Crippen molar-refractivity contribution >= 4 is 6.29 Å². The number of nitrogens with zero attached hydrogens (tertiary/aromatic N) is 2. The summed E-state index contributed by atoms with van der Waals surface area (Å²) in [6.45, 7) is 5.82. The van der Waals surface area contributed by atoms with Crippen LogP contribution < -0.4 is 0 Å². The zero-order valence-electron chi connectivity index (χ0n) is 8.11. The topological polar surface area (TPSA) is 23.6 Å². The van der Waals surface area contributed by atoms with E-state index in [2.05, 4.69) is 9.80 Å².